The van der Waals surface area contributed by atoms with Gasteiger partial charge in [0.2, 0.25) is 6.23 Å². The predicted octanol–water partition coefficient (Wildman–Crippen LogP) is 7.65. The third kappa shape index (κ3) is 3.53. The van der Waals surface area contributed by atoms with Crippen LogP contribution < -0.4 is 4.74 Å². The van der Waals surface area contributed by atoms with Gasteiger partial charge in [-0.25, -0.2) is 5.01 Å². The molecule has 2 aliphatic heterocycles. The molecule has 2 aliphatic rings. The summed E-state index contributed by atoms with van der Waals surface area (Å²) in [6.07, 6.45) is 0.354. The molecule has 0 fully saturated rings. The number of hydrogen-bond acceptors (Lipinski definition) is 3. The first kappa shape index (κ1) is 19.3. The lowest BCUT2D eigenvalue weighted by Gasteiger charge is -2.38. The number of hydrogen-bond donors (Lipinski definition) is 0. The second kappa shape index (κ2) is 7.51. The van der Waals surface area contributed by atoms with Gasteiger partial charge in [0, 0.05) is 27.0 Å². The molecular weight excluding hydrogens is 495 g/mol. The van der Waals surface area contributed by atoms with Gasteiger partial charge >= 0.3 is 0 Å². The Hall–Kier alpha value is -1.72. The first-order chi connectivity index (χ1) is 14.0. The summed E-state index contributed by atoms with van der Waals surface area (Å²) in [7, 11) is 0. The van der Waals surface area contributed by atoms with Crippen molar-refractivity contribution in [1.82, 2.24) is 5.01 Å². The van der Waals surface area contributed by atoms with Gasteiger partial charge in [0.1, 0.15) is 5.75 Å². The van der Waals surface area contributed by atoms with Gasteiger partial charge in [0.15, 0.2) is 0 Å². The van der Waals surface area contributed by atoms with Crippen LogP contribution in [0.25, 0.3) is 0 Å². The van der Waals surface area contributed by atoms with Crippen molar-refractivity contribution in [1.29, 1.82) is 0 Å². The standard InChI is InChI=1S/C22H14BrCl3N2O/c23-14-4-1-12(2-5-14)19-11-20-16-10-15(24)6-8-21(16)29-22(28(20)27-19)13-3-7-17(25)18(26)9-13/h1-10,20,22H,11H2/t20-,22-/m1/s1. The summed E-state index contributed by atoms with van der Waals surface area (Å²) in [5.74, 6) is 0.805. The van der Waals surface area contributed by atoms with E-state index in [1.807, 2.05) is 47.5 Å². The quantitative estimate of drug-likeness (QED) is 0.355. The van der Waals surface area contributed by atoms with Gasteiger partial charge in [-0.2, -0.15) is 5.10 Å². The van der Waals surface area contributed by atoms with Crippen molar-refractivity contribution in [2.75, 3.05) is 0 Å². The van der Waals surface area contributed by atoms with E-state index >= 15 is 0 Å². The fourth-order valence-electron chi connectivity index (χ4n) is 3.76. The van der Waals surface area contributed by atoms with Gasteiger partial charge in [0.05, 0.1) is 21.8 Å². The summed E-state index contributed by atoms with van der Waals surface area (Å²) in [5.41, 5.74) is 4.01. The van der Waals surface area contributed by atoms with Crippen molar-refractivity contribution in [2.45, 2.75) is 18.7 Å². The number of nitrogens with zero attached hydrogens (tertiary/aromatic N) is 2. The molecule has 0 N–H and O–H groups in total. The molecule has 2 atom stereocenters. The van der Waals surface area contributed by atoms with E-state index in [1.54, 1.807) is 6.07 Å². The van der Waals surface area contributed by atoms with E-state index in [0.717, 1.165) is 39.0 Å². The van der Waals surface area contributed by atoms with Crippen LogP contribution in [0, 0.1) is 0 Å². The van der Waals surface area contributed by atoms with E-state index in [0.29, 0.717) is 15.1 Å². The minimum absolute atomic E-state index is 0.0237. The molecule has 0 bridgehead atoms. The van der Waals surface area contributed by atoms with Crippen LogP contribution in [0.2, 0.25) is 15.1 Å². The lowest BCUT2D eigenvalue weighted by Crippen LogP contribution is -2.33. The van der Waals surface area contributed by atoms with Crippen LogP contribution in [0.3, 0.4) is 0 Å². The van der Waals surface area contributed by atoms with Gasteiger partial charge in [-0.05, 0) is 48.0 Å². The molecule has 29 heavy (non-hydrogen) atoms. The molecule has 7 heteroatoms. The molecule has 3 nitrogen and oxygen atoms in total. The van der Waals surface area contributed by atoms with Crippen molar-refractivity contribution in [2.24, 2.45) is 5.10 Å². The van der Waals surface area contributed by atoms with Crippen molar-refractivity contribution in [3.63, 3.8) is 0 Å². The summed E-state index contributed by atoms with van der Waals surface area (Å²) in [6.45, 7) is 0. The lowest BCUT2D eigenvalue weighted by molar-refractivity contribution is -0.0190. The fraction of sp³-hybridized carbons (Fsp3) is 0.136. The molecule has 5 rings (SSSR count). The molecule has 0 saturated carbocycles. The fourth-order valence-corrected chi connectivity index (χ4v) is 4.51. The van der Waals surface area contributed by atoms with Gasteiger partial charge in [-0.3, -0.25) is 0 Å². The molecule has 0 unspecified atom stereocenters. The SMILES string of the molecule is Clc1ccc2c(c1)[C@H]1CC(c3ccc(Br)cc3)=NN1[C@@H](c1ccc(Cl)c(Cl)c1)O2. The van der Waals surface area contributed by atoms with Crippen molar-refractivity contribution in [3.8, 4) is 5.75 Å². The Kier molecular flexibility index (Phi) is 4.99. The van der Waals surface area contributed by atoms with E-state index in [9.17, 15) is 0 Å². The topological polar surface area (TPSA) is 24.8 Å². The van der Waals surface area contributed by atoms with Gasteiger partial charge in [-0.15, -0.1) is 0 Å². The Bertz CT molecular complexity index is 1130. The number of fused-ring (bicyclic) bond motifs is 3. The highest BCUT2D eigenvalue weighted by atomic mass is 79.9. The zero-order valence-electron chi connectivity index (χ0n) is 14.9. The van der Waals surface area contributed by atoms with E-state index in [1.165, 1.54) is 0 Å². The van der Waals surface area contributed by atoms with Crippen LogP contribution in [-0.2, 0) is 0 Å². The highest BCUT2D eigenvalue weighted by molar-refractivity contribution is 9.10. The Morgan fingerprint density at radius 3 is 2.48 bits per heavy atom. The second-order valence-corrected chi connectivity index (χ2v) is 9.15. The molecule has 0 radical (unpaired) electrons. The average molecular weight is 509 g/mol. The maximum Gasteiger partial charge on any atom is 0.213 e. The summed E-state index contributed by atoms with van der Waals surface area (Å²) in [4.78, 5) is 0. The van der Waals surface area contributed by atoms with Crippen LogP contribution in [0.15, 0.2) is 70.2 Å². The van der Waals surface area contributed by atoms with E-state index in [2.05, 4.69) is 28.1 Å². The minimum atomic E-state index is -0.406. The van der Waals surface area contributed by atoms with Crippen molar-refractivity contribution in [3.05, 3.63) is 96.9 Å². The number of benzene rings is 3. The van der Waals surface area contributed by atoms with Crippen LogP contribution in [0.4, 0.5) is 0 Å². The maximum absolute atomic E-state index is 6.34. The third-order valence-electron chi connectivity index (χ3n) is 5.16. The second-order valence-electron chi connectivity index (χ2n) is 6.98. The zero-order chi connectivity index (χ0) is 20.1. The van der Waals surface area contributed by atoms with Crippen LogP contribution in [0.1, 0.15) is 35.4 Å². The number of ether oxygens (including phenoxy) is 1. The monoisotopic (exact) mass is 506 g/mol. The Morgan fingerprint density at radius 1 is 0.931 bits per heavy atom. The van der Waals surface area contributed by atoms with E-state index in [4.69, 9.17) is 44.6 Å². The number of hydrazone groups is 1. The average Bonchev–Trinajstić information content (AvgIpc) is 3.16. The summed E-state index contributed by atoms with van der Waals surface area (Å²) < 4.78 is 7.37. The van der Waals surface area contributed by atoms with Crippen LogP contribution in [0.5, 0.6) is 5.75 Å². The first-order valence-electron chi connectivity index (χ1n) is 9.02. The van der Waals surface area contributed by atoms with Gasteiger partial charge < -0.3 is 4.74 Å². The highest BCUT2D eigenvalue weighted by Gasteiger charge is 2.41. The molecule has 0 amide bonds. The van der Waals surface area contributed by atoms with E-state index < -0.39 is 6.23 Å². The smallest absolute Gasteiger partial charge is 0.213 e. The number of halogens is 4. The molecule has 146 valence electrons. The summed E-state index contributed by atoms with van der Waals surface area (Å²) in [5, 5.41) is 8.61. The third-order valence-corrected chi connectivity index (χ3v) is 6.66. The lowest BCUT2D eigenvalue weighted by atomic mass is 9.96. The highest BCUT2D eigenvalue weighted by Crippen LogP contribution is 2.48. The maximum atomic E-state index is 6.34. The molecule has 3 aromatic rings. The molecule has 2 heterocycles. The summed E-state index contributed by atoms with van der Waals surface area (Å²) in [6, 6.07) is 19.4. The predicted molar refractivity (Wildman–Crippen MR) is 121 cm³/mol. The Labute approximate surface area is 192 Å². The molecule has 0 aliphatic carbocycles. The number of rotatable bonds is 2. The first-order valence-corrected chi connectivity index (χ1v) is 10.9. The normalized spacial score (nSPS) is 20.0. The van der Waals surface area contributed by atoms with Crippen LogP contribution in [-0.4, -0.2) is 10.7 Å². The minimum Gasteiger partial charge on any atom is -0.464 e. The Balaban J connectivity index is 1.61. The zero-order valence-corrected chi connectivity index (χ0v) is 18.8. The molecule has 3 aromatic carbocycles. The largest absolute Gasteiger partial charge is 0.464 e. The molecule has 0 saturated heterocycles. The molecule has 0 spiro atoms. The van der Waals surface area contributed by atoms with Crippen molar-refractivity contribution < 1.29 is 4.74 Å². The molecular formula is C22H14BrCl3N2O. The Morgan fingerprint density at radius 2 is 1.72 bits per heavy atom. The molecule has 0 aromatic heterocycles. The van der Waals surface area contributed by atoms with Gasteiger partial charge in [0.25, 0.3) is 0 Å². The van der Waals surface area contributed by atoms with Gasteiger partial charge in [-0.1, -0.05) is 68.9 Å². The van der Waals surface area contributed by atoms with Crippen LogP contribution >= 0.6 is 50.7 Å². The van der Waals surface area contributed by atoms with E-state index in [-0.39, 0.29) is 6.04 Å². The van der Waals surface area contributed by atoms with Crippen molar-refractivity contribution >= 4 is 56.4 Å². The summed E-state index contributed by atoms with van der Waals surface area (Å²) >= 11 is 22.2.